The number of aromatic nitrogens is 2. The number of nitrogens with zero attached hydrogens (tertiary/aromatic N) is 1. The van der Waals surface area contributed by atoms with Crippen LogP contribution in [-0.4, -0.2) is 16.1 Å². The van der Waals surface area contributed by atoms with Crippen LogP contribution in [0.4, 0.5) is 5.82 Å². The maximum atomic E-state index is 12.8. The van der Waals surface area contributed by atoms with Gasteiger partial charge in [0.25, 0.3) is 0 Å². The number of rotatable bonds is 5. The van der Waals surface area contributed by atoms with Gasteiger partial charge in [-0.15, -0.1) is 0 Å². The summed E-state index contributed by atoms with van der Waals surface area (Å²) in [4.78, 5) is 12.8. The predicted octanol–water partition coefficient (Wildman–Crippen LogP) is 3.63. The molecule has 2 aromatic rings. The molecule has 22 heavy (non-hydrogen) atoms. The van der Waals surface area contributed by atoms with Gasteiger partial charge in [0, 0.05) is 11.3 Å². The zero-order valence-electron chi connectivity index (χ0n) is 13.3. The van der Waals surface area contributed by atoms with Crippen LogP contribution in [0.3, 0.4) is 0 Å². The first-order chi connectivity index (χ1) is 10.6. The number of amides is 1. The molecular weight excluding hydrogens is 274 g/mol. The summed E-state index contributed by atoms with van der Waals surface area (Å²) in [7, 11) is 0. The number of carbonyl (C=O) groups excluding carboxylic acids is 1. The van der Waals surface area contributed by atoms with Crippen molar-refractivity contribution in [3.05, 3.63) is 47.2 Å². The Bertz CT molecular complexity index is 656. The van der Waals surface area contributed by atoms with Crippen LogP contribution in [0, 0.1) is 12.3 Å². The highest BCUT2D eigenvalue weighted by Gasteiger charge is 2.44. The first-order valence-electron chi connectivity index (χ1n) is 8.04. The molecule has 1 saturated carbocycles. The van der Waals surface area contributed by atoms with E-state index in [1.54, 1.807) is 0 Å². The molecule has 1 aromatic heterocycles. The molecule has 0 saturated heterocycles. The zero-order valence-corrected chi connectivity index (χ0v) is 13.3. The average molecular weight is 297 g/mol. The maximum Gasteiger partial charge on any atom is 0.232 e. The fourth-order valence-corrected chi connectivity index (χ4v) is 3.21. The first kappa shape index (κ1) is 14.8. The lowest BCUT2D eigenvalue weighted by atomic mass is 9.64. The Morgan fingerprint density at radius 1 is 1.32 bits per heavy atom. The van der Waals surface area contributed by atoms with E-state index < -0.39 is 0 Å². The van der Waals surface area contributed by atoms with Crippen LogP contribution < -0.4 is 5.32 Å². The summed E-state index contributed by atoms with van der Waals surface area (Å²) >= 11 is 0. The van der Waals surface area contributed by atoms with Crippen molar-refractivity contribution in [3.8, 4) is 0 Å². The van der Waals surface area contributed by atoms with Crippen molar-refractivity contribution in [2.45, 2.75) is 46.0 Å². The number of nitrogens with one attached hydrogen (secondary N) is 2. The normalized spacial score (nSPS) is 16.1. The third kappa shape index (κ3) is 2.65. The molecule has 1 aliphatic rings. The summed E-state index contributed by atoms with van der Waals surface area (Å²) in [6.07, 6.45) is 4.74. The van der Waals surface area contributed by atoms with Gasteiger partial charge in [0.2, 0.25) is 5.91 Å². The van der Waals surface area contributed by atoms with Crippen LogP contribution in [-0.2, 0) is 17.6 Å². The van der Waals surface area contributed by atoms with Crippen LogP contribution in [0.15, 0.2) is 30.3 Å². The number of hydrogen-bond acceptors (Lipinski definition) is 2. The molecule has 0 spiro atoms. The van der Waals surface area contributed by atoms with Crippen LogP contribution in [0.2, 0.25) is 0 Å². The van der Waals surface area contributed by atoms with Gasteiger partial charge in [-0.05, 0) is 38.2 Å². The third-order valence-electron chi connectivity index (χ3n) is 4.87. The van der Waals surface area contributed by atoms with Crippen molar-refractivity contribution in [1.29, 1.82) is 0 Å². The maximum absolute atomic E-state index is 12.8. The number of H-pyrrole nitrogens is 1. The standard InChI is InChI=1S/C18H23N3O/c1-3-15-13(2)16(21-20-15)19-17(22)18(10-7-11-18)12-14-8-5-4-6-9-14/h4-6,8-9H,3,7,10-12H2,1-2H3,(H2,19,20,21,22). The van der Waals surface area contributed by atoms with Crippen molar-refractivity contribution in [3.63, 3.8) is 0 Å². The van der Waals surface area contributed by atoms with Gasteiger partial charge >= 0.3 is 0 Å². The lowest BCUT2D eigenvalue weighted by Crippen LogP contribution is -2.43. The van der Waals surface area contributed by atoms with E-state index in [1.807, 2.05) is 25.1 Å². The number of aromatic amines is 1. The molecule has 0 bridgehead atoms. The fraction of sp³-hybridized carbons (Fsp3) is 0.444. The van der Waals surface area contributed by atoms with Crippen molar-refractivity contribution < 1.29 is 4.79 Å². The summed E-state index contributed by atoms with van der Waals surface area (Å²) in [6.45, 7) is 4.08. The van der Waals surface area contributed by atoms with E-state index >= 15 is 0 Å². The zero-order chi connectivity index (χ0) is 15.6. The van der Waals surface area contributed by atoms with E-state index in [0.29, 0.717) is 5.82 Å². The molecule has 2 N–H and O–H groups in total. The van der Waals surface area contributed by atoms with Crippen LogP contribution in [0.25, 0.3) is 0 Å². The largest absolute Gasteiger partial charge is 0.308 e. The summed E-state index contributed by atoms with van der Waals surface area (Å²) in [5.74, 6) is 0.793. The second kappa shape index (κ2) is 5.95. The molecule has 0 radical (unpaired) electrons. The highest BCUT2D eigenvalue weighted by atomic mass is 16.2. The number of benzene rings is 1. The predicted molar refractivity (Wildman–Crippen MR) is 87.8 cm³/mol. The topological polar surface area (TPSA) is 57.8 Å². The molecule has 1 aliphatic carbocycles. The number of anilines is 1. The smallest absolute Gasteiger partial charge is 0.232 e. The molecule has 1 aromatic carbocycles. The van der Waals surface area contributed by atoms with Gasteiger partial charge in [-0.1, -0.05) is 43.7 Å². The highest BCUT2D eigenvalue weighted by molar-refractivity contribution is 5.96. The number of carbonyl (C=O) groups is 1. The van der Waals surface area contributed by atoms with Gasteiger partial charge in [0.1, 0.15) is 0 Å². The van der Waals surface area contributed by atoms with Gasteiger partial charge in [-0.25, -0.2) is 0 Å². The van der Waals surface area contributed by atoms with E-state index in [0.717, 1.165) is 43.4 Å². The van der Waals surface area contributed by atoms with Crippen molar-refractivity contribution in [2.75, 3.05) is 5.32 Å². The number of hydrogen-bond donors (Lipinski definition) is 2. The average Bonchev–Trinajstić information content (AvgIpc) is 2.84. The minimum absolute atomic E-state index is 0.111. The van der Waals surface area contributed by atoms with E-state index in [2.05, 4.69) is 34.6 Å². The van der Waals surface area contributed by atoms with Gasteiger partial charge < -0.3 is 5.32 Å². The van der Waals surface area contributed by atoms with E-state index in [9.17, 15) is 4.79 Å². The second-order valence-electron chi connectivity index (χ2n) is 6.28. The Balaban J connectivity index is 1.75. The molecule has 0 atom stereocenters. The van der Waals surface area contributed by atoms with E-state index in [-0.39, 0.29) is 11.3 Å². The minimum Gasteiger partial charge on any atom is -0.308 e. The lowest BCUT2D eigenvalue weighted by molar-refractivity contribution is -0.130. The third-order valence-corrected chi connectivity index (χ3v) is 4.87. The van der Waals surface area contributed by atoms with Gasteiger partial charge in [-0.2, -0.15) is 5.10 Å². The fourth-order valence-electron chi connectivity index (χ4n) is 3.21. The number of aryl methyl sites for hydroxylation is 1. The van der Waals surface area contributed by atoms with Crippen molar-refractivity contribution in [2.24, 2.45) is 5.41 Å². The molecule has 4 heteroatoms. The monoisotopic (exact) mass is 297 g/mol. The molecule has 0 aliphatic heterocycles. The molecule has 1 amide bonds. The Morgan fingerprint density at radius 2 is 2.05 bits per heavy atom. The molecule has 1 heterocycles. The molecule has 4 nitrogen and oxygen atoms in total. The summed E-state index contributed by atoms with van der Waals surface area (Å²) in [5, 5.41) is 10.3. The van der Waals surface area contributed by atoms with Crippen LogP contribution >= 0.6 is 0 Å². The Morgan fingerprint density at radius 3 is 2.59 bits per heavy atom. The highest BCUT2D eigenvalue weighted by Crippen LogP contribution is 2.44. The SMILES string of the molecule is CCc1[nH]nc(NC(=O)C2(Cc3ccccc3)CCC2)c1C. The van der Waals surface area contributed by atoms with E-state index in [4.69, 9.17) is 0 Å². The Labute approximate surface area is 131 Å². The molecule has 3 rings (SSSR count). The van der Waals surface area contributed by atoms with Crippen LogP contribution in [0.1, 0.15) is 43.0 Å². The first-order valence-corrected chi connectivity index (χ1v) is 8.04. The summed E-state index contributed by atoms with van der Waals surface area (Å²) in [6, 6.07) is 10.3. The Hall–Kier alpha value is -2.10. The quantitative estimate of drug-likeness (QED) is 0.885. The second-order valence-corrected chi connectivity index (χ2v) is 6.28. The van der Waals surface area contributed by atoms with Gasteiger partial charge in [-0.3, -0.25) is 9.89 Å². The lowest BCUT2D eigenvalue weighted by Gasteiger charge is -2.40. The van der Waals surface area contributed by atoms with Gasteiger partial charge in [0.05, 0.1) is 5.41 Å². The van der Waals surface area contributed by atoms with Crippen LogP contribution in [0.5, 0.6) is 0 Å². The molecule has 1 fully saturated rings. The summed E-state index contributed by atoms with van der Waals surface area (Å²) < 4.78 is 0. The molecule has 116 valence electrons. The summed E-state index contributed by atoms with van der Waals surface area (Å²) in [5.41, 5.74) is 3.09. The molecular formula is C18H23N3O. The molecule has 0 unspecified atom stereocenters. The van der Waals surface area contributed by atoms with Crippen molar-refractivity contribution in [1.82, 2.24) is 10.2 Å². The van der Waals surface area contributed by atoms with Crippen molar-refractivity contribution >= 4 is 11.7 Å². The minimum atomic E-state index is -0.265. The van der Waals surface area contributed by atoms with Gasteiger partial charge in [0.15, 0.2) is 5.82 Å². The van der Waals surface area contributed by atoms with E-state index in [1.165, 1.54) is 5.56 Å². The Kier molecular flexibility index (Phi) is 4.01.